The van der Waals surface area contributed by atoms with Crippen LogP contribution in [-0.4, -0.2) is 76.0 Å². The quantitative estimate of drug-likeness (QED) is 0.153. The van der Waals surface area contributed by atoms with E-state index in [1.807, 2.05) is 10.9 Å². The standard InChI is InChI=1S/C35H44Cl2FN5O7/c1-18(20(3)49-34(45)19(2)21(4)50-35(46)23(6)47-7)33(44)42-12-10-26(11-13-42)43-17-25(16-41-43)24-14-29(32(39)40-15-24)48-22(5)30-27(36)8-9-28(38)31(30)37/h8-9,14-23,26H,10-13H2,1-7H3,(H2,39,40)/t18?,19?,20?,21?,22-,23?/m1/s1. The molecule has 1 amide bonds. The van der Waals surface area contributed by atoms with Crippen molar-refractivity contribution in [3.63, 3.8) is 0 Å². The van der Waals surface area contributed by atoms with Crippen LogP contribution in [0.1, 0.15) is 72.1 Å². The van der Waals surface area contributed by atoms with Crippen LogP contribution in [0, 0.1) is 17.7 Å². The average Bonchev–Trinajstić information content (AvgIpc) is 3.60. The lowest BCUT2D eigenvalue weighted by atomic mass is 9.99. The molecule has 0 spiro atoms. The molecule has 12 nitrogen and oxygen atoms in total. The van der Waals surface area contributed by atoms with Crippen molar-refractivity contribution in [2.45, 2.75) is 84.8 Å². The number of carbonyl (C=O) groups is 3. The number of nitrogen functional groups attached to an aromatic ring is 1. The topological polar surface area (TPSA) is 148 Å². The summed E-state index contributed by atoms with van der Waals surface area (Å²) in [5.74, 6) is -2.72. The van der Waals surface area contributed by atoms with Crippen LogP contribution in [0.4, 0.5) is 10.2 Å². The first kappa shape index (κ1) is 38.9. The van der Waals surface area contributed by atoms with Crippen molar-refractivity contribution in [3.05, 3.63) is 58.2 Å². The number of aromatic nitrogens is 3. The summed E-state index contributed by atoms with van der Waals surface area (Å²) < 4.78 is 37.9. The predicted octanol–water partition coefficient (Wildman–Crippen LogP) is 6.45. The van der Waals surface area contributed by atoms with E-state index in [2.05, 4.69) is 10.1 Å². The second-order valence-electron chi connectivity index (χ2n) is 12.6. The molecule has 6 atom stereocenters. The van der Waals surface area contributed by atoms with Gasteiger partial charge in [0.2, 0.25) is 5.91 Å². The van der Waals surface area contributed by atoms with Gasteiger partial charge in [0.1, 0.15) is 24.1 Å². The number of carbonyl (C=O) groups excluding carboxylic acids is 3. The Kier molecular flexibility index (Phi) is 13.1. The fourth-order valence-electron chi connectivity index (χ4n) is 5.46. The number of esters is 2. The predicted molar refractivity (Wildman–Crippen MR) is 186 cm³/mol. The highest BCUT2D eigenvalue weighted by Gasteiger charge is 2.34. The minimum atomic E-state index is -0.753. The molecule has 1 aliphatic rings. The molecule has 5 unspecified atom stereocenters. The van der Waals surface area contributed by atoms with Crippen molar-refractivity contribution in [1.29, 1.82) is 0 Å². The van der Waals surface area contributed by atoms with E-state index < -0.39 is 54.0 Å². The molecule has 2 N–H and O–H groups in total. The molecule has 1 saturated heterocycles. The van der Waals surface area contributed by atoms with Crippen molar-refractivity contribution < 1.29 is 37.7 Å². The van der Waals surface area contributed by atoms with Crippen molar-refractivity contribution in [3.8, 4) is 16.9 Å². The molecule has 4 rings (SSSR count). The summed E-state index contributed by atoms with van der Waals surface area (Å²) in [6.45, 7) is 10.9. The Labute approximate surface area is 301 Å². The second-order valence-corrected chi connectivity index (χ2v) is 13.4. The third-order valence-corrected chi connectivity index (χ3v) is 9.93. The molecule has 2 aromatic heterocycles. The molecule has 50 heavy (non-hydrogen) atoms. The van der Waals surface area contributed by atoms with Gasteiger partial charge in [-0.05, 0) is 65.7 Å². The summed E-state index contributed by atoms with van der Waals surface area (Å²) in [7, 11) is 1.40. The van der Waals surface area contributed by atoms with Gasteiger partial charge in [0.15, 0.2) is 17.7 Å². The van der Waals surface area contributed by atoms with Crippen LogP contribution in [0.2, 0.25) is 10.0 Å². The van der Waals surface area contributed by atoms with Crippen molar-refractivity contribution >= 4 is 46.9 Å². The van der Waals surface area contributed by atoms with Gasteiger partial charge < -0.3 is 29.6 Å². The lowest BCUT2D eigenvalue weighted by molar-refractivity contribution is -0.170. The first-order valence-electron chi connectivity index (χ1n) is 16.4. The maximum atomic E-state index is 14.1. The third kappa shape index (κ3) is 9.04. The average molecular weight is 737 g/mol. The lowest BCUT2D eigenvalue weighted by Crippen LogP contribution is -2.45. The van der Waals surface area contributed by atoms with Gasteiger partial charge in [0.25, 0.3) is 0 Å². The summed E-state index contributed by atoms with van der Waals surface area (Å²) in [5, 5.41) is 4.72. The number of anilines is 1. The molecule has 3 aromatic rings. The monoisotopic (exact) mass is 735 g/mol. The summed E-state index contributed by atoms with van der Waals surface area (Å²) in [6, 6.07) is 4.39. The Morgan fingerprint density at radius 1 is 0.940 bits per heavy atom. The van der Waals surface area contributed by atoms with Crippen LogP contribution in [0.3, 0.4) is 0 Å². The minimum absolute atomic E-state index is 0.0546. The van der Waals surface area contributed by atoms with Crippen LogP contribution in [0.25, 0.3) is 11.1 Å². The highest BCUT2D eigenvalue weighted by Crippen LogP contribution is 2.37. The molecular weight excluding hydrogens is 692 g/mol. The van der Waals surface area contributed by atoms with Gasteiger partial charge in [0.05, 0.1) is 29.1 Å². The number of ether oxygens (including phenoxy) is 4. The number of nitrogens with two attached hydrogens (primary N) is 1. The van der Waals surface area contributed by atoms with Crippen LogP contribution in [0.15, 0.2) is 36.8 Å². The van der Waals surface area contributed by atoms with Gasteiger partial charge in [-0.15, -0.1) is 0 Å². The highest BCUT2D eigenvalue weighted by atomic mass is 35.5. The van der Waals surface area contributed by atoms with E-state index in [1.54, 1.807) is 64.9 Å². The maximum absolute atomic E-state index is 14.1. The first-order valence-corrected chi connectivity index (χ1v) is 17.2. The number of benzene rings is 1. The zero-order chi connectivity index (χ0) is 36.9. The van der Waals surface area contributed by atoms with E-state index in [-0.39, 0.29) is 33.6 Å². The Bertz CT molecular complexity index is 1680. The van der Waals surface area contributed by atoms with Crippen molar-refractivity contribution in [2.75, 3.05) is 25.9 Å². The van der Waals surface area contributed by atoms with Gasteiger partial charge in [-0.25, -0.2) is 14.2 Å². The van der Waals surface area contributed by atoms with Gasteiger partial charge in [0, 0.05) is 54.3 Å². The summed E-state index contributed by atoms with van der Waals surface area (Å²) in [5.41, 5.74) is 7.90. The van der Waals surface area contributed by atoms with Crippen molar-refractivity contribution in [2.24, 2.45) is 11.8 Å². The van der Waals surface area contributed by atoms with Gasteiger partial charge >= 0.3 is 11.9 Å². The molecule has 0 radical (unpaired) electrons. The van der Waals surface area contributed by atoms with E-state index in [0.717, 1.165) is 5.56 Å². The Hall–Kier alpha value is -3.94. The molecule has 15 heteroatoms. The number of pyridine rings is 1. The molecule has 0 saturated carbocycles. The van der Waals surface area contributed by atoms with Crippen molar-refractivity contribution in [1.82, 2.24) is 19.7 Å². The van der Waals surface area contributed by atoms with Gasteiger partial charge in [-0.2, -0.15) is 5.10 Å². The number of halogens is 3. The van der Waals surface area contributed by atoms with Crippen LogP contribution in [0.5, 0.6) is 5.75 Å². The molecule has 1 fully saturated rings. The molecule has 1 aromatic carbocycles. The number of amides is 1. The number of rotatable bonds is 13. The van der Waals surface area contributed by atoms with E-state index in [0.29, 0.717) is 37.1 Å². The summed E-state index contributed by atoms with van der Waals surface area (Å²) in [6.07, 6.45) is 3.71. The maximum Gasteiger partial charge on any atom is 0.335 e. The number of hydrogen-bond donors (Lipinski definition) is 1. The number of nitrogens with zero attached hydrogens (tertiary/aromatic N) is 4. The van der Waals surface area contributed by atoms with Crippen LogP contribution in [-0.2, 0) is 28.6 Å². The lowest BCUT2D eigenvalue weighted by Gasteiger charge is -2.35. The Balaban J connectivity index is 1.32. The largest absolute Gasteiger partial charge is 0.482 e. The minimum Gasteiger partial charge on any atom is -0.482 e. The SMILES string of the molecule is COC(C)C(=O)OC(C)C(C)C(=O)OC(C)C(C)C(=O)N1CCC(n2cc(-c3cnc(N)c(O[C@H](C)c4c(Cl)ccc(F)c4Cl)c3)cn2)CC1. The third-order valence-electron chi connectivity index (χ3n) is 9.22. The zero-order valence-corrected chi connectivity index (χ0v) is 30.7. The number of piperidine rings is 1. The van der Waals surface area contributed by atoms with E-state index in [9.17, 15) is 18.8 Å². The van der Waals surface area contributed by atoms with Gasteiger partial charge in [-0.1, -0.05) is 30.1 Å². The fraction of sp³-hybridized carbons (Fsp3) is 0.514. The molecule has 3 heterocycles. The molecule has 272 valence electrons. The summed E-state index contributed by atoms with van der Waals surface area (Å²) >= 11 is 12.4. The van der Waals surface area contributed by atoms with E-state index in [1.165, 1.54) is 19.2 Å². The van der Waals surface area contributed by atoms with E-state index >= 15 is 0 Å². The zero-order valence-electron chi connectivity index (χ0n) is 29.2. The molecular formula is C35H44Cl2FN5O7. The first-order chi connectivity index (χ1) is 23.6. The molecule has 1 aliphatic heterocycles. The Morgan fingerprint density at radius 3 is 2.24 bits per heavy atom. The molecule has 0 aliphatic carbocycles. The highest BCUT2D eigenvalue weighted by molar-refractivity contribution is 6.36. The second kappa shape index (κ2) is 16.8. The van der Waals surface area contributed by atoms with Gasteiger partial charge in [-0.3, -0.25) is 14.3 Å². The van der Waals surface area contributed by atoms with Crippen LogP contribution >= 0.6 is 23.2 Å². The fourth-order valence-corrected chi connectivity index (χ4v) is 6.14. The number of hydrogen-bond acceptors (Lipinski definition) is 10. The summed E-state index contributed by atoms with van der Waals surface area (Å²) in [4.78, 5) is 44.2. The van der Waals surface area contributed by atoms with Crippen LogP contribution < -0.4 is 10.5 Å². The smallest absolute Gasteiger partial charge is 0.335 e. The number of likely N-dealkylation sites (tertiary alicyclic amines) is 1. The Morgan fingerprint density at radius 2 is 1.58 bits per heavy atom. The number of methoxy groups -OCH3 is 1. The normalized spacial score (nSPS) is 17.3. The molecule has 0 bridgehead atoms. The van der Waals surface area contributed by atoms with E-state index in [4.69, 9.17) is 47.9 Å².